The zero-order chi connectivity index (χ0) is 10.8. The van der Waals surface area contributed by atoms with Gasteiger partial charge in [0.1, 0.15) is 11.4 Å². The molecule has 76 valence electrons. The van der Waals surface area contributed by atoms with Crippen LogP contribution in [0.2, 0.25) is 10.3 Å². The van der Waals surface area contributed by atoms with E-state index < -0.39 is 5.82 Å². The molecule has 0 aliphatic rings. The van der Waals surface area contributed by atoms with E-state index in [9.17, 15) is 4.39 Å². The highest BCUT2D eigenvalue weighted by molar-refractivity contribution is 6.33. The fourth-order valence-corrected chi connectivity index (χ4v) is 1.39. The van der Waals surface area contributed by atoms with Crippen LogP contribution in [0.3, 0.4) is 0 Å². The van der Waals surface area contributed by atoms with E-state index in [1.54, 1.807) is 0 Å². The molecule has 0 aromatic carbocycles. The van der Waals surface area contributed by atoms with Gasteiger partial charge in [0.2, 0.25) is 5.28 Å². The average molecular weight is 244 g/mol. The minimum Gasteiger partial charge on any atom is -0.251 e. The van der Waals surface area contributed by atoms with Crippen LogP contribution in [-0.2, 0) is 0 Å². The maximum absolute atomic E-state index is 13.4. The SMILES string of the molecule is Fc1cccnc1-c1nc(Cl)ncc1Cl. The van der Waals surface area contributed by atoms with Crippen LogP contribution in [-0.4, -0.2) is 15.0 Å². The molecule has 0 N–H and O–H groups in total. The van der Waals surface area contributed by atoms with E-state index in [-0.39, 0.29) is 21.7 Å². The molecular weight excluding hydrogens is 240 g/mol. The van der Waals surface area contributed by atoms with E-state index in [1.807, 2.05) is 0 Å². The number of pyridine rings is 1. The van der Waals surface area contributed by atoms with Crippen LogP contribution >= 0.6 is 23.2 Å². The molecule has 0 radical (unpaired) electrons. The summed E-state index contributed by atoms with van der Waals surface area (Å²) >= 11 is 11.4. The van der Waals surface area contributed by atoms with Crippen LogP contribution in [0, 0.1) is 5.82 Å². The van der Waals surface area contributed by atoms with E-state index in [2.05, 4.69) is 15.0 Å². The van der Waals surface area contributed by atoms with Crippen molar-refractivity contribution < 1.29 is 4.39 Å². The van der Waals surface area contributed by atoms with Crippen molar-refractivity contribution in [3.63, 3.8) is 0 Å². The smallest absolute Gasteiger partial charge is 0.223 e. The van der Waals surface area contributed by atoms with Crippen molar-refractivity contribution in [2.45, 2.75) is 0 Å². The van der Waals surface area contributed by atoms with Gasteiger partial charge in [0.05, 0.1) is 11.2 Å². The largest absolute Gasteiger partial charge is 0.251 e. The molecule has 0 unspecified atom stereocenters. The Labute approximate surface area is 94.9 Å². The summed E-state index contributed by atoms with van der Waals surface area (Å²) < 4.78 is 13.4. The predicted octanol–water partition coefficient (Wildman–Crippen LogP) is 2.98. The van der Waals surface area contributed by atoms with E-state index in [1.165, 1.54) is 24.5 Å². The maximum Gasteiger partial charge on any atom is 0.223 e. The van der Waals surface area contributed by atoms with Gasteiger partial charge in [-0.3, -0.25) is 4.98 Å². The summed E-state index contributed by atoms with van der Waals surface area (Å²) in [4.78, 5) is 11.3. The van der Waals surface area contributed by atoms with Crippen molar-refractivity contribution in [1.29, 1.82) is 0 Å². The van der Waals surface area contributed by atoms with E-state index in [0.29, 0.717) is 0 Å². The highest BCUT2D eigenvalue weighted by Gasteiger charge is 2.12. The maximum atomic E-state index is 13.4. The molecule has 2 aromatic heterocycles. The number of rotatable bonds is 1. The summed E-state index contributed by atoms with van der Waals surface area (Å²) in [5.74, 6) is -0.505. The second kappa shape index (κ2) is 4.08. The number of hydrogen-bond donors (Lipinski definition) is 0. The van der Waals surface area contributed by atoms with Gasteiger partial charge in [-0.05, 0) is 23.7 Å². The molecule has 2 rings (SSSR count). The summed E-state index contributed by atoms with van der Waals surface area (Å²) in [6.07, 6.45) is 2.76. The fraction of sp³-hybridized carbons (Fsp3) is 0. The van der Waals surface area contributed by atoms with Crippen molar-refractivity contribution in [3.8, 4) is 11.4 Å². The molecule has 6 heteroatoms. The average Bonchev–Trinajstić information content (AvgIpc) is 2.23. The first kappa shape index (κ1) is 10.3. The molecule has 0 spiro atoms. The summed E-state index contributed by atoms with van der Waals surface area (Å²) in [5.41, 5.74) is 0.251. The number of hydrogen-bond acceptors (Lipinski definition) is 3. The molecule has 0 aliphatic heterocycles. The molecule has 2 heterocycles. The molecule has 0 atom stereocenters. The Kier molecular flexibility index (Phi) is 2.79. The molecule has 0 fully saturated rings. The molecular formula is C9H4Cl2FN3. The van der Waals surface area contributed by atoms with Gasteiger partial charge in [0.15, 0.2) is 5.82 Å². The lowest BCUT2D eigenvalue weighted by molar-refractivity contribution is 0.625. The molecule has 15 heavy (non-hydrogen) atoms. The monoisotopic (exact) mass is 243 g/mol. The van der Waals surface area contributed by atoms with Gasteiger partial charge in [-0.15, -0.1) is 0 Å². The summed E-state index contributed by atoms with van der Waals surface area (Å²) in [6.45, 7) is 0. The van der Waals surface area contributed by atoms with Crippen LogP contribution in [0.25, 0.3) is 11.4 Å². The van der Waals surface area contributed by atoms with Crippen molar-refractivity contribution in [2.75, 3.05) is 0 Å². The first-order valence-corrected chi connectivity index (χ1v) is 4.73. The van der Waals surface area contributed by atoms with Gasteiger partial charge in [-0.1, -0.05) is 11.6 Å². The van der Waals surface area contributed by atoms with Crippen LogP contribution < -0.4 is 0 Å². The molecule has 2 aromatic rings. The lowest BCUT2D eigenvalue weighted by atomic mass is 10.2. The second-order valence-corrected chi connectivity index (χ2v) is 3.41. The quantitative estimate of drug-likeness (QED) is 0.723. The highest BCUT2D eigenvalue weighted by Crippen LogP contribution is 2.26. The van der Waals surface area contributed by atoms with Crippen LogP contribution in [0.4, 0.5) is 4.39 Å². The topological polar surface area (TPSA) is 38.7 Å². The van der Waals surface area contributed by atoms with Crippen LogP contribution in [0.5, 0.6) is 0 Å². The van der Waals surface area contributed by atoms with Gasteiger partial charge >= 0.3 is 0 Å². The molecule has 0 saturated carbocycles. The Hall–Kier alpha value is -1.26. The zero-order valence-corrected chi connectivity index (χ0v) is 8.80. The summed E-state index contributed by atoms with van der Waals surface area (Å²) in [6, 6.07) is 2.75. The summed E-state index contributed by atoms with van der Waals surface area (Å²) in [5, 5.41) is 0.205. The number of nitrogens with zero attached hydrogens (tertiary/aromatic N) is 3. The summed E-state index contributed by atoms with van der Waals surface area (Å²) in [7, 11) is 0. The molecule has 0 bridgehead atoms. The van der Waals surface area contributed by atoms with Crippen molar-refractivity contribution >= 4 is 23.2 Å². The molecule has 0 amide bonds. The van der Waals surface area contributed by atoms with Gasteiger partial charge in [0, 0.05) is 6.20 Å². The zero-order valence-electron chi connectivity index (χ0n) is 7.28. The molecule has 3 nitrogen and oxygen atoms in total. The third kappa shape index (κ3) is 2.06. The van der Waals surface area contributed by atoms with Crippen molar-refractivity contribution in [2.24, 2.45) is 0 Å². The Balaban J connectivity index is 2.64. The first-order chi connectivity index (χ1) is 7.18. The Morgan fingerprint density at radius 3 is 2.67 bits per heavy atom. The molecule has 0 saturated heterocycles. The first-order valence-electron chi connectivity index (χ1n) is 3.97. The van der Waals surface area contributed by atoms with Crippen molar-refractivity contribution in [1.82, 2.24) is 15.0 Å². The van der Waals surface area contributed by atoms with Gasteiger partial charge in [-0.2, -0.15) is 0 Å². The minimum absolute atomic E-state index is 0.000506. The number of halogens is 3. The predicted molar refractivity (Wildman–Crippen MR) is 55.2 cm³/mol. The van der Waals surface area contributed by atoms with Crippen LogP contribution in [0.1, 0.15) is 0 Å². The third-order valence-electron chi connectivity index (χ3n) is 1.70. The van der Waals surface area contributed by atoms with E-state index in [0.717, 1.165) is 0 Å². The Bertz CT molecular complexity index is 504. The Morgan fingerprint density at radius 2 is 1.93 bits per heavy atom. The van der Waals surface area contributed by atoms with Gasteiger partial charge < -0.3 is 0 Å². The highest BCUT2D eigenvalue weighted by atomic mass is 35.5. The minimum atomic E-state index is -0.505. The van der Waals surface area contributed by atoms with E-state index >= 15 is 0 Å². The molecule has 0 aliphatic carbocycles. The van der Waals surface area contributed by atoms with Crippen molar-refractivity contribution in [3.05, 3.63) is 40.6 Å². The Morgan fingerprint density at radius 1 is 1.13 bits per heavy atom. The van der Waals surface area contributed by atoms with E-state index in [4.69, 9.17) is 23.2 Å². The fourth-order valence-electron chi connectivity index (χ4n) is 1.07. The third-order valence-corrected chi connectivity index (χ3v) is 2.16. The number of aromatic nitrogens is 3. The lowest BCUT2D eigenvalue weighted by Gasteiger charge is -2.02. The normalized spacial score (nSPS) is 10.3. The lowest BCUT2D eigenvalue weighted by Crippen LogP contribution is -1.94. The second-order valence-electron chi connectivity index (χ2n) is 2.67. The van der Waals surface area contributed by atoms with Crippen LogP contribution in [0.15, 0.2) is 24.5 Å². The van der Waals surface area contributed by atoms with Gasteiger partial charge in [-0.25, -0.2) is 14.4 Å². The van der Waals surface area contributed by atoms with Gasteiger partial charge in [0.25, 0.3) is 0 Å². The standard InChI is InChI=1S/C9H4Cl2FN3/c10-5-4-14-9(11)15-7(5)8-6(12)2-1-3-13-8/h1-4H.